The molecule has 0 radical (unpaired) electrons. The zero-order valence-electron chi connectivity index (χ0n) is 16.4. The van der Waals surface area contributed by atoms with Gasteiger partial charge in [0.15, 0.2) is 5.96 Å². The van der Waals surface area contributed by atoms with Crippen molar-refractivity contribution in [2.24, 2.45) is 4.99 Å². The molecule has 3 rings (SSSR count). The highest BCUT2D eigenvalue weighted by molar-refractivity contribution is 5.80. The van der Waals surface area contributed by atoms with Crippen LogP contribution in [0.3, 0.4) is 0 Å². The number of aromatic nitrogens is 3. The number of nitrogens with zero attached hydrogens (tertiary/aromatic N) is 4. The number of rotatable bonds is 5. The summed E-state index contributed by atoms with van der Waals surface area (Å²) in [5.74, 6) is 2.65. The van der Waals surface area contributed by atoms with E-state index < -0.39 is 0 Å². The van der Waals surface area contributed by atoms with Gasteiger partial charge in [0, 0.05) is 33.0 Å². The zero-order valence-corrected chi connectivity index (χ0v) is 16.4. The Kier molecular flexibility index (Phi) is 6.42. The van der Waals surface area contributed by atoms with Gasteiger partial charge in [-0.25, -0.2) is 4.39 Å². The number of benzene rings is 1. The Hall–Kier alpha value is -2.44. The van der Waals surface area contributed by atoms with Gasteiger partial charge in [0.25, 0.3) is 0 Å². The van der Waals surface area contributed by atoms with Gasteiger partial charge in [0.2, 0.25) is 0 Å². The van der Waals surface area contributed by atoms with Crippen molar-refractivity contribution in [3.63, 3.8) is 0 Å². The third-order valence-electron chi connectivity index (χ3n) is 5.10. The molecule has 0 spiro atoms. The van der Waals surface area contributed by atoms with E-state index in [-0.39, 0.29) is 11.9 Å². The van der Waals surface area contributed by atoms with Crippen molar-refractivity contribution in [3.05, 3.63) is 46.8 Å². The molecular weight excluding hydrogens is 343 g/mol. The minimum atomic E-state index is -0.184. The van der Waals surface area contributed by atoms with Gasteiger partial charge in [-0.2, -0.15) is 0 Å². The van der Waals surface area contributed by atoms with Gasteiger partial charge >= 0.3 is 0 Å². The number of aliphatic imine (C=N–C) groups is 1. The molecule has 1 unspecified atom stereocenters. The molecule has 7 heteroatoms. The number of aryl methyl sites for hydroxylation is 2. The third kappa shape index (κ3) is 4.84. The van der Waals surface area contributed by atoms with Gasteiger partial charge in [-0.15, -0.1) is 10.2 Å². The van der Waals surface area contributed by atoms with Crippen LogP contribution in [0.4, 0.5) is 4.39 Å². The second-order valence-corrected chi connectivity index (χ2v) is 7.12. The molecular formula is C20H29FN6. The summed E-state index contributed by atoms with van der Waals surface area (Å²) in [6, 6.07) is 5.27. The fourth-order valence-corrected chi connectivity index (χ4v) is 3.38. The normalized spacial score (nSPS) is 15.8. The lowest BCUT2D eigenvalue weighted by atomic mass is 10.1. The van der Waals surface area contributed by atoms with E-state index in [1.54, 1.807) is 26.1 Å². The van der Waals surface area contributed by atoms with Crippen LogP contribution in [0.1, 0.15) is 55.0 Å². The van der Waals surface area contributed by atoms with Gasteiger partial charge in [0.1, 0.15) is 17.5 Å². The maximum atomic E-state index is 13.8. The van der Waals surface area contributed by atoms with E-state index in [9.17, 15) is 4.39 Å². The van der Waals surface area contributed by atoms with Crippen molar-refractivity contribution in [1.82, 2.24) is 25.4 Å². The fraction of sp³-hybridized carbons (Fsp3) is 0.550. The number of hydrogen-bond acceptors (Lipinski definition) is 3. The predicted octanol–water partition coefficient (Wildman–Crippen LogP) is 2.92. The minimum Gasteiger partial charge on any atom is -0.356 e. The molecule has 1 aromatic carbocycles. The first-order valence-electron chi connectivity index (χ1n) is 9.72. The molecule has 0 saturated heterocycles. The Balaban J connectivity index is 1.53. The number of nitrogens with one attached hydrogen (secondary N) is 2. The first-order valence-corrected chi connectivity index (χ1v) is 9.72. The average Bonchev–Trinajstić information content (AvgIpc) is 2.89. The quantitative estimate of drug-likeness (QED) is 0.626. The smallest absolute Gasteiger partial charge is 0.191 e. The fourth-order valence-electron chi connectivity index (χ4n) is 3.38. The summed E-state index contributed by atoms with van der Waals surface area (Å²) >= 11 is 0. The van der Waals surface area contributed by atoms with Crippen LogP contribution in [-0.4, -0.2) is 34.3 Å². The highest BCUT2D eigenvalue weighted by atomic mass is 19.1. The lowest BCUT2D eigenvalue weighted by Gasteiger charge is -2.18. The van der Waals surface area contributed by atoms with Crippen LogP contribution in [0.25, 0.3) is 0 Å². The summed E-state index contributed by atoms with van der Waals surface area (Å²) in [6.45, 7) is 5.49. The summed E-state index contributed by atoms with van der Waals surface area (Å²) in [5, 5.41) is 15.3. The largest absolute Gasteiger partial charge is 0.356 e. The standard InChI is InChI=1S/C20H29FN6/c1-14-8-9-16(13-17(14)21)15(2)24-20(22-3)23-11-10-19-26-25-18-7-5-4-6-12-27(18)19/h8-9,13,15H,4-7,10-12H2,1-3H3,(H2,22,23,24). The molecule has 0 aliphatic carbocycles. The monoisotopic (exact) mass is 372 g/mol. The molecule has 1 aliphatic rings. The van der Waals surface area contributed by atoms with Crippen molar-refractivity contribution < 1.29 is 4.39 Å². The SMILES string of the molecule is CN=C(NCCc1nnc2n1CCCCC2)NC(C)c1ccc(C)c(F)c1. The molecule has 27 heavy (non-hydrogen) atoms. The highest BCUT2D eigenvalue weighted by Gasteiger charge is 2.15. The van der Waals surface area contributed by atoms with Crippen LogP contribution < -0.4 is 10.6 Å². The molecule has 1 aliphatic heterocycles. The van der Waals surface area contributed by atoms with E-state index >= 15 is 0 Å². The summed E-state index contributed by atoms with van der Waals surface area (Å²) in [7, 11) is 1.74. The average molecular weight is 372 g/mol. The van der Waals surface area contributed by atoms with Crippen molar-refractivity contribution in [1.29, 1.82) is 0 Å². The molecule has 2 heterocycles. The Morgan fingerprint density at radius 3 is 2.93 bits per heavy atom. The summed E-state index contributed by atoms with van der Waals surface area (Å²) in [5.41, 5.74) is 1.55. The third-order valence-corrected chi connectivity index (χ3v) is 5.10. The van der Waals surface area contributed by atoms with Gasteiger partial charge in [0.05, 0.1) is 6.04 Å². The predicted molar refractivity (Wildman–Crippen MR) is 105 cm³/mol. The van der Waals surface area contributed by atoms with Gasteiger partial charge in [-0.05, 0) is 43.9 Å². The molecule has 2 N–H and O–H groups in total. The second kappa shape index (κ2) is 8.97. The molecule has 0 fully saturated rings. The lowest BCUT2D eigenvalue weighted by molar-refractivity contribution is 0.597. The van der Waals surface area contributed by atoms with Gasteiger partial charge in [-0.1, -0.05) is 18.6 Å². The summed E-state index contributed by atoms with van der Waals surface area (Å²) in [4.78, 5) is 4.27. The molecule has 1 atom stereocenters. The van der Waals surface area contributed by atoms with E-state index in [4.69, 9.17) is 0 Å². The van der Waals surface area contributed by atoms with Crippen molar-refractivity contribution >= 4 is 5.96 Å². The van der Waals surface area contributed by atoms with Crippen LogP contribution in [0.5, 0.6) is 0 Å². The van der Waals surface area contributed by atoms with E-state index in [1.807, 2.05) is 13.0 Å². The summed E-state index contributed by atoms with van der Waals surface area (Å²) < 4.78 is 16.1. The number of fused-ring (bicyclic) bond motifs is 1. The molecule has 2 aromatic rings. The highest BCUT2D eigenvalue weighted by Crippen LogP contribution is 2.16. The maximum absolute atomic E-state index is 13.8. The maximum Gasteiger partial charge on any atom is 0.191 e. The van der Waals surface area contributed by atoms with Crippen LogP contribution >= 0.6 is 0 Å². The van der Waals surface area contributed by atoms with E-state index in [2.05, 4.69) is 30.4 Å². The number of halogens is 1. The van der Waals surface area contributed by atoms with Gasteiger partial charge in [-0.3, -0.25) is 4.99 Å². The zero-order chi connectivity index (χ0) is 19.2. The number of hydrogen-bond donors (Lipinski definition) is 2. The lowest BCUT2D eigenvalue weighted by Crippen LogP contribution is -2.39. The first kappa shape index (κ1) is 19.3. The second-order valence-electron chi connectivity index (χ2n) is 7.12. The molecule has 0 saturated carbocycles. The molecule has 6 nitrogen and oxygen atoms in total. The van der Waals surface area contributed by atoms with Crippen LogP contribution in [0.15, 0.2) is 23.2 Å². The Morgan fingerprint density at radius 1 is 1.30 bits per heavy atom. The summed E-state index contributed by atoms with van der Waals surface area (Å²) in [6.07, 6.45) is 5.47. The Morgan fingerprint density at radius 2 is 2.15 bits per heavy atom. The topological polar surface area (TPSA) is 67.1 Å². The van der Waals surface area contributed by atoms with Crippen molar-refractivity contribution in [2.75, 3.05) is 13.6 Å². The van der Waals surface area contributed by atoms with Crippen LogP contribution in [-0.2, 0) is 19.4 Å². The van der Waals surface area contributed by atoms with Crippen LogP contribution in [0.2, 0.25) is 0 Å². The van der Waals surface area contributed by atoms with Crippen LogP contribution in [0, 0.1) is 12.7 Å². The van der Waals surface area contributed by atoms with Crippen molar-refractivity contribution in [2.45, 2.75) is 58.5 Å². The Bertz CT molecular complexity index is 798. The minimum absolute atomic E-state index is 0.0457. The van der Waals surface area contributed by atoms with E-state index in [0.717, 1.165) is 36.6 Å². The van der Waals surface area contributed by atoms with E-state index in [1.165, 1.54) is 19.3 Å². The molecule has 146 valence electrons. The van der Waals surface area contributed by atoms with Gasteiger partial charge < -0.3 is 15.2 Å². The van der Waals surface area contributed by atoms with Crippen molar-refractivity contribution in [3.8, 4) is 0 Å². The first-order chi connectivity index (χ1) is 13.1. The molecule has 1 aromatic heterocycles. The molecule has 0 bridgehead atoms. The Labute approximate surface area is 160 Å². The molecule has 0 amide bonds. The van der Waals surface area contributed by atoms with E-state index in [0.29, 0.717) is 18.1 Å². The number of guanidine groups is 1.